The zero-order valence-corrected chi connectivity index (χ0v) is 8.90. The van der Waals surface area contributed by atoms with E-state index in [0.29, 0.717) is 10.6 Å². The van der Waals surface area contributed by atoms with Gasteiger partial charge in [-0.05, 0) is 23.8 Å². The van der Waals surface area contributed by atoms with Crippen molar-refractivity contribution in [1.82, 2.24) is 0 Å². The lowest BCUT2D eigenvalue weighted by atomic mass is 10.1. The first-order valence-electron chi connectivity index (χ1n) is 4.20. The molecule has 0 heterocycles. The van der Waals surface area contributed by atoms with E-state index in [0.717, 1.165) is 5.56 Å². The normalized spacial score (nSPS) is 11.4. The van der Waals surface area contributed by atoms with Gasteiger partial charge in [0.25, 0.3) is 0 Å². The molecule has 1 aromatic rings. The SMILES string of the molecule is CO/N=C/C(C#N)=C\c1ccc(Cl)cc1. The number of allylic oxidation sites excluding steroid dienone is 1. The van der Waals surface area contributed by atoms with Crippen LogP contribution in [0.4, 0.5) is 0 Å². The first-order chi connectivity index (χ1) is 7.26. The van der Waals surface area contributed by atoms with Crippen LogP contribution in [0.2, 0.25) is 5.02 Å². The summed E-state index contributed by atoms with van der Waals surface area (Å²) in [5.41, 5.74) is 1.30. The van der Waals surface area contributed by atoms with Crippen LogP contribution in [0.5, 0.6) is 0 Å². The van der Waals surface area contributed by atoms with Gasteiger partial charge >= 0.3 is 0 Å². The highest BCUT2D eigenvalue weighted by Gasteiger charge is 1.93. The summed E-state index contributed by atoms with van der Waals surface area (Å²) in [4.78, 5) is 4.49. The van der Waals surface area contributed by atoms with E-state index in [2.05, 4.69) is 9.99 Å². The van der Waals surface area contributed by atoms with Gasteiger partial charge in [-0.3, -0.25) is 0 Å². The van der Waals surface area contributed by atoms with Crippen LogP contribution in [0.3, 0.4) is 0 Å². The number of oxime groups is 1. The summed E-state index contributed by atoms with van der Waals surface area (Å²) in [6.45, 7) is 0. The molecular formula is C11H9ClN2O. The maximum atomic E-state index is 8.78. The zero-order valence-electron chi connectivity index (χ0n) is 8.14. The van der Waals surface area contributed by atoms with Gasteiger partial charge < -0.3 is 4.84 Å². The fraction of sp³-hybridized carbons (Fsp3) is 0.0909. The number of hydrogen-bond donors (Lipinski definition) is 0. The molecule has 0 N–H and O–H groups in total. The second-order valence-electron chi connectivity index (χ2n) is 2.68. The second kappa shape index (κ2) is 5.84. The Labute approximate surface area is 93.2 Å². The number of nitrogens with zero attached hydrogens (tertiary/aromatic N) is 2. The highest BCUT2D eigenvalue weighted by atomic mass is 35.5. The van der Waals surface area contributed by atoms with Gasteiger partial charge in [0.15, 0.2) is 0 Å². The van der Waals surface area contributed by atoms with Crippen molar-refractivity contribution in [2.24, 2.45) is 5.16 Å². The van der Waals surface area contributed by atoms with Crippen molar-refractivity contribution in [3.05, 3.63) is 40.4 Å². The van der Waals surface area contributed by atoms with Gasteiger partial charge in [-0.15, -0.1) is 0 Å². The van der Waals surface area contributed by atoms with Crippen LogP contribution in [0, 0.1) is 11.3 Å². The van der Waals surface area contributed by atoms with Crippen LogP contribution >= 0.6 is 11.6 Å². The van der Waals surface area contributed by atoms with Crippen molar-refractivity contribution in [2.45, 2.75) is 0 Å². The Bertz CT molecular complexity index is 415. The van der Waals surface area contributed by atoms with E-state index in [4.69, 9.17) is 16.9 Å². The third-order valence-electron chi connectivity index (χ3n) is 1.62. The molecule has 0 unspecified atom stereocenters. The fourth-order valence-corrected chi connectivity index (χ4v) is 1.07. The molecule has 0 aliphatic heterocycles. The van der Waals surface area contributed by atoms with Crippen molar-refractivity contribution >= 4 is 23.9 Å². The molecule has 0 aliphatic rings. The number of rotatable bonds is 3. The van der Waals surface area contributed by atoms with Gasteiger partial charge in [-0.1, -0.05) is 28.9 Å². The molecule has 76 valence electrons. The van der Waals surface area contributed by atoms with E-state index in [9.17, 15) is 0 Å². The molecule has 1 rings (SSSR count). The lowest BCUT2D eigenvalue weighted by Gasteiger charge is -1.93. The predicted molar refractivity (Wildman–Crippen MR) is 60.5 cm³/mol. The monoisotopic (exact) mass is 220 g/mol. The van der Waals surface area contributed by atoms with Gasteiger partial charge in [0.2, 0.25) is 0 Å². The Hall–Kier alpha value is -1.79. The van der Waals surface area contributed by atoms with Crippen LogP contribution in [-0.2, 0) is 4.84 Å². The summed E-state index contributed by atoms with van der Waals surface area (Å²) < 4.78 is 0. The zero-order chi connectivity index (χ0) is 11.1. The summed E-state index contributed by atoms with van der Waals surface area (Å²) in [5, 5.41) is 13.0. The molecule has 0 aromatic heterocycles. The molecule has 0 saturated heterocycles. The lowest BCUT2D eigenvalue weighted by Crippen LogP contribution is -1.82. The molecule has 0 radical (unpaired) electrons. The summed E-state index contributed by atoms with van der Waals surface area (Å²) in [6, 6.07) is 9.16. The molecule has 0 aliphatic carbocycles. The second-order valence-corrected chi connectivity index (χ2v) is 3.12. The van der Waals surface area contributed by atoms with Crippen molar-refractivity contribution in [2.75, 3.05) is 7.11 Å². The van der Waals surface area contributed by atoms with Gasteiger partial charge in [0.1, 0.15) is 13.2 Å². The van der Waals surface area contributed by atoms with Gasteiger partial charge in [-0.25, -0.2) is 0 Å². The van der Waals surface area contributed by atoms with E-state index < -0.39 is 0 Å². The van der Waals surface area contributed by atoms with Crippen LogP contribution < -0.4 is 0 Å². The summed E-state index contributed by atoms with van der Waals surface area (Å²) >= 11 is 5.73. The maximum absolute atomic E-state index is 8.78. The van der Waals surface area contributed by atoms with Crippen LogP contribution in [0.25, 0.3) is 6.08 Å². The fourth-order valence-electron chi connectivity index (χ4n) is 0.946. The van der Waals surface area contributed by atoms with Crippen molar-refractivity contribution in [3.63, 3.8) is 0 Å². The Morgan fingerprint density at radius 1 is 1.47 bits per heavy atom. The Balaban J connectivity index is 2.89. The molecule has 0 atom stereocenters. The van der Waals surface area contributed by atoms with Crippen LogP contribution in [0.15, 0.2) is 35.0 Å². The average molecular weight is 221 g/mol. The Kier molecular flexibility index (Phi) is 4.39. The van der Waals surface area contributed by atoms with Crippen molar-refractivity contribution in [3.8, 4) is 6.07 Å². The topological polar surface area (TPSA) is 45.4 Å². The molecule has 0 amide bonds. The Morgan fingerprint density at radius 2 is 2.13 bits per heavy atom. The predicted octanol–water partition coefficient (Wildman–Crippen LogP) is 2.88. The lowest BCUT2D eigenvalue weighted by molar-refractivity contribution is 0.215. The third-order valence-corrected chi connectivity index (χ3v) is 1.87. The van der Waals surface area contributed by atoms with E-state index in [-0.39, 0.29) is 0 Å². The molecule has 15 heavy (non-hydrogen) atoms. The number of hydrogen-bond acceptors (Lipinski definition) is 3. The minimum absolute atomic E-state index is 0.416. The molecule has 0 bridgehead atoms. The van der Waals surface area contributed by atoms with Crippen molar-refractivity contribution in [1.29, 1.82) is 5.26 Å². The minimum Gasteiger partial charge on any atom is -0.399 e. The van der Waals surface area contributed by atoms with Crippen LogP contribution in [0.1, 0.15) is 5.56 Å². The first-order valence-corrected chi connectivity index (χ1v) is 4.58. The van der Waals surface area contributed by atoms with Gasteiger partial charge in [0.05, 0.1) is 11.8 Å². The molecule has 3 nitrogen and oxygen atoms in total. The first kappa shape index (κ1) is 11.3. The Morgan fingerprint density at radius 3 is 2.67 bits per heavy atom. The van der Waals surface area contributed by atoms with Crippen LogP contribution in [-0.4, -0.2) is 13.3 Å². The van der Waals surface area contributed by atoms with E-state index in [1.807, 2.05) is 18.2 Å². The molecule has 0 saturated carbocycles. The van der Waals surface area contributed by atoms with Gasteiger partial charge in [-0.2, -0.15) is 5.26 Å². The number of halogens is 1. The largest absolute Gasteiger partial charge is 0.399 e. The molecular weight excluding hydrogens is 212 g/mol. The number of nitriles is 1. The smallest absolute Gasteiger partial charge is 0.106 e. The minimum atomic E-state index is 0.416. The van der Waals surface area contributed by atoms with Crippen molar-refractivity contribution < 1.29 is 4.84 Å². The quantitative estimate of drug-likeness (QED) is 0.447. The summed E-state index contributed by atoms with van der Waals surface area (Å²) in [6.07, 6.45) is 3.05. The van der Waals surface area contributed by atoms with E-state index in [1.165, 1.54) is 13.3 Å². The van der Waals surface area contributed by atoms with E-state index >= 15 is 0 Å². The maximum Gasteiger partial charge on any atom is 0.106 e. The average Bonchev–Trinajstić information content (AvgIpc) is 2.27. The molecule has 0 fully saturated rings. The highest BCUT2D eigenvalue weighted by Crippen LogP contribution is 2.11. The summed E-state index contributed by atoms with van der Waals surface area (Å²) in [5.74, 6) is 0. The standard InChI is InChI=1S/C11H9ClN2O/c1-15-14-8-10(7-13)6-9-2-4-11(12)5-3-9/h2-6,8H,1H3/b10-6-,14-8+. The molecule has 0 spiro atoms. The molecule has 1 aromatic carbocycles. The van der Waals surface area contributed by atoms with Gasteiger partial charge in [0, 0.05) is 5.02 Å². The highest BCUT2D eigenvalue weighted by molar-refractivity contribution is 6.30. The molecule has 4 heteroatoms. The third kappa shape index (κ3) is 3.84. The summed E-state index contributed by atoms with van der Waals surface area (Å²) in [7, 11) is 1.42. The van der Waals surface area contributed by atoms with E-state index in [1.54, 1.807) is 18.2 Å². The number of benzene rings is 1.